The van der Waals surface area contributed by atoms with E-state index in [0.29, 0.717) is 19.7 Å². The SMILES string of the molecule is CCc1ccccc1OCCNC(=O)NCc1ccccc1OC. The summed E-state index contributed by atoms with van der Waals surface area (Å²) in [7, 11) is 1.62. The Balaban J connectivity index is 1.70. The molecule has 0 spiro atoms. The molecule has 2 aromatic rings. The van der Waals surface area contributed by atoms with Crippen LogP contribution in [0.2, 0.25) is 0 Å². The molecule has 0 fully saturated rings. The second-order valence-electron chi connectivity index (χ2n) is 5.23. The summed E-state index contributed by atoms with van der Waals surface area (Å²) >= 11 is 0. The first kappa shape index (κ1) is 17.7. The molecule has 24 heavy (non-hydrogen) atoms. The fourth-order valence-electron chi connectivity index (χ4n) is 2.35. The summed E-state index contributed by atoms with van der Waals surface area (Å²) in [6.45, 7) is 3.37. The van der Waals surface area contributed by atoms with Crippen molar-refractivity contribution in [2.24, 2.45) is 0 Å². The Hall–Kier alpha value is -2.69. The number of aryl methyl sites for hydroxylation is 1. The van der Waals surface area contributed by atoms with E-state index in [9.17, 15) is 4.79 Å². The van der Waals surface area contributed by atoms with Gasteiger partial charge in [0.15, 0.2) is 0 Å². The van der Waals surface area contributed by atoms with Crippen LogP contribution in [0, 0.1) is 0 Å². The van der Waals surface area contributed by atoms with Gasteiger partial charge in [0.2, 0.25) is 0 Å². The summed E-state index contributed by atoms with van der Waals surface area (Å²) in [5.74, 6) is 1.63. The van der Waals surface area contributed by atoms with E-state index in [1.54, 1.807) is 7.11 Å². The third kappa shape index (κ3) is 5.19. The summed E-state index contributed by atoms with van der Waals surface area (Å²) in [5, 5.41) is 5.59. The van der Waals surface area contributed by atoms with Crippen molar-refractivity contribution < 1.29 is 14.3 Å². The topological polar surface area (TPSA) is 59.6 Å². The molecular weight excluding hydrogens is 304 g/mol. The first-order valence-corrected chi connectivity index (χ1v) is 8.09. The number of carbonyl (C=O) groups excluding carboxylic acids is 1. The molecular formula is C19H24N2O3. The first-order valence-electron chi connectivity index (χ1n) is 8.09. The maximum absolute atomic E-state index is 11.8. The van der Waals surface area contributed by atoms with Gasteiger partial charge in [-0.05, 0) is 24.1 Å². The fraction of sp³-hybridized carbons (Fsp3) is 0.316. The molecule has 0 aliphatic rings. The third-order valence-electron chi connectivity index (χ3n) is 3.63. The number of carbonyl (C=O) groups is 1. The van der Waals surface area contributed by atoms with E-state index in [1.165, 1.54) is 0 Å². The largest absolute Gasteiger partial charge is 0.496 e. The Morgan fingerprint density at radius 1 is 0.958 bits per heavy atom. The number of methoxy groups -OCH3 is 1. The van der Waals surface area contributed by atoms with E-state index in [2.05, 4.69) is 17.6 Å². The van der Waals surface area contributed by atoms with Crippen LogP contribution in [-0.2, 0) is 13.0 Å². The zero-order valence-corrected chi connectivity index (χ0v) is 14.2. The Morgan fingerprint density at radius 3 is 2.33 bits per heavy atom. The number of urea groups is 1. The van der Waals surface area contributed by atoms with Crippen LogP contribution in [0.3, 0.4) is 0 Å². The maximum Gasteiger partial charge on any atom is 0.315 e. The van der Waals surface area contributed by atoms with E-state index in [-0.39, 0.29) is 6.03 Å². The molecule has 2 amide bonds. The Kier molecular flexibility index (Phi) is 6.95. The lowest BCUT2D eigenvalue weighted by Gasteiger charge is -2.12. The minimum Gasteiger partial charge on any atom is -0.496 e. The standard InChI is InChI=1S/C19H24N2O3/c1-3-15-8-4-7-11-18(15)24-13-12-20-19(22)21-14-16-9-5-6-10-17(16)23-2/h4-11H,3,12-14H2,1-2H3,(H2,20,21,22). The highest BCUT2D eigenvalue weighted by molar-refractivity contribution is 5.73. The highest BCUT2D eigenvalue weighted by atomic mass is 16.5. The van der Waals surface area contributed by atoms with Crippen LogP contribution in [-0.4, -0.2) is 26.3 Å². The number of hydrogen-bond donors (Lipinski definition) is 2. The smallest absolute Gasteiger partial charge is 0.315 e. The quantitative estimate of drug-likeness (QED) is 0.732. The summed E-state index contributed by atoms with van der Waals surface area (Å²) in [5.41, 5.74) is 2.10. The van der Waals surface area contributed by atoms with E-state index >= 15 is 0 Å². The molecule has 2 N–H and O–H groups in total. The molecule has 2 rings (SSSR count). The van der Waals surface area contributed by atoms with Crippen molar-refractivity contribution in [1.29, 1.82) is 0 Å². The lowest BCUT2D eigenvalue weighted by Crippen LogP contribution is -2.37. The molecule has 0 bridgehead atoms. The van der Waals surface area contributed by atoms with Crippen LogP contribution in [0.15, 0.2) is 48.5 Å². The van der Waals surface area contributed by atoms with Gasteiger partial charge in [0.25, 0.3) is 0 Å². The molecule has 0 aliphatic heterocycles. The van der Waals surface area contributed by atoms with Crippen molar-refractivity contribution >= 4 is 6.03 Å². The van der Waals surface area contributed by atoms with Gasteiger partial charge < -0.3 is 20.1 Å². The number of benzene rings is 2. The highest BCUT2D eigenvalue weighted by Gasteiger charge is 2.05. The van der Waals surface area contributed by atoms with Crippen molar-refractivity contribution in [1.82, 2.24) is 10.6 Å². The molecule has 128 valence electrons. The van der Waals surface area contributed by atoms with Gasteiger partial charge in [-0.2, -0.15) is 0 Å². The van der Waals surface area contributed by atoms with Gasteiger partial charge in [-0.25, -0.2) is 4.79 Å². The summed E-state index contributed by atoms with van der Waals surface area (Å²) in [6.07, 6.45) is 0.920. The Bertz CT molecular complexity index is 659. The van der Waals surface area contributed by atoms with Crippen LogP contribution in [0.25, 0.3) is 0 Å². The first-order chi connectivity index (χ1) is 11.7. The molecule has 0 saturated carbocycles. The fourth-order valence-corrected chi connectivity index (χ4v) is 2.35. The van der Waals surface area contributed by atoms with Crippen molar-refractivity contribution in [3.8, 4) is 11.5 Å². The van der Waals surface area contributed by atoms with Crippen LogP contribution >= 0.6 is 0 Å². The number of amides is 2. The second-order valence-corrected chi connectivity index (χ2v) is 5.23. The molecule has 5 heteroatoms. The summed E-state index contributed by atoms with van der Waals surface area (Å²) < 4.78 is 11.0. The van der Waals surface area contributed by atoms with Gasteiger partial charge in [0, 0.05) is 12.1 Å². The molecule has 0 unspecified atom stereocenters. The normalized spacial score (nSPS) is 10.1. The van der Waals surface area contributed by atoms with Crippen molar-refractivity contribution in [3.05, 3.63) is 59.7 Å². The minimum absolute atomic E-state index is 0.228. The van der Waals surface area contributed by atoms with Gasteiger partial charge in [-0.3, -0.25) is 0 Å². The van der Waals surface area contributed by atoms with E-state index in [1.807, 2.05) is 48.5 Å². The number of nitrogens with one attached hydrogen (secondary N) is 2. The number of para-hydroxylation sites is 2. The molecule has 0 radical (unpaired) electrons. The summed E-state index contributed by atoms with van der Waals surface area (Å²) in [4.78, 5) is 11.8. The lowest BCUT2D eigenvalue weighted by atomic mass is 10.1. The average Bonchev–Trinajstić information content (AvgIpc) is 2.64. The molecule has 5 nitrogen and oxygen atoms in total. The Labute approximate surface area is 143 Å². The molecule has 0 aliphatic carbocycles. The Morgan fingerprint density at radius 2 is 1.62 bits per heavy atom. The summed E-state index contributed by atoms with van der Waals surface area (Å²) in [6, 6.07) is 15.3. The minimum atomic E-state index is -0.228. The van der Waals surface area contributed by atoms with Crippen molar-refractivity contribution in [2.45, 2.75) is 19.9 Å². The molecule has 0 atom stereocenters. The zero-order valence-electron chi connectivity index (χ0n) is 14.2. The van der Waals surface area contributed by atoms with Crippen LogP contribution in [0.1, 0.15) is 18.1 Å². The van der Waals surface area contributed by atoms with Crippen molar-refractivity contribution in [2.75, 3.05) is 20.3 Å². The number of hydrogen-bond acceptors (Lipinski definition) is 3. The average molecular weight is 328 g/mol. The zero-order chi connectivity index (χ0) is 17.2. The van der Waals surface area contributed by atoms with Gasteiger partial charge in [-0.15, -0.1) is 0 Å². The molecule has 2 aromatic carbocycles. The molecule has 0 aromatic heterocycles. The monoisotopic (exact) mass is 328 g/mol. The van der Waals surface area contributed by atoms with Gasteiger partial charge in [0.1, 0.15) is 18.1 Å². The third-order valence-corrected chi connectivity index (χ3v) is 3.63. The van der Waals surface area contributed by atoms with Crippen molar-refractivity contribution in [3.63, 3.8) is 0 Å². The molecule has 0 heterocycles. The predicted octanol–water partition coefficient (Wildman–Crippen LogP) is 3.14. The van der Waals surface area contributed by atoms with Crippen LogP contribution in [0.4, 0.5) is 4.79 Å². The lowest BCUT2D eigenvalue weighted by molar-refractivity contribution is 0.236. The van der Waals surface area contributed by atoms with E-state index in [4.69, 9.17) is 9.47 Å². The van der Waals surface area contributed by atoms with E-state index < -0.39 is 0 Å². The van der Waals surface area contributed by atoms with Crippen LogP contribution < -0.4 is 20.1 Å². The molecule has 0 saturated heterocycles. The van der Waals surface area contributed by atoms with Gasteiger partial charge >= 0.3 is 6.03 Å². The highest BCUT2D eigenvalue weighted by Crippen LogP contribution is 2.18. The number of ether oxygens (including phenoxy) is 2. The van der Waals surface area contributed by atoms with Crippen LogP contribution in [0.5, 0.6) is 11.5 Å². The van der Waals surface area contributed by atoms with E-state index in [0.717, 1.165) is 29.0 Å². The number of rotatable bonds is 8. The van der Waals surface area contributed by atoms with Gasteiger partial charge in [0.05, 0.1) is 13.7 Å². The maximum atomic E-state index is 11.8. The van der Waals surface area contributed by atoms with Gasteiger partial charge in [-0.1, -0.05) is 43.3 Å². The predicted molar refractivity (Wildman–Crippen MR) is 94.5 cm³/mol. The second kappa shape index (κ2) is 9.45.